The second kappa shape index (κ2) is 6.41. The van der Waals surface area contributed by atoms with Crippen LogP contribution >= 0.6 is 27.5 Å². The van der Waals surface area contributed by atoms with E-state index in [0.29, 0.717) is 11.6 Å². The first kappa shape index (κ1) is 14.4. The Bertz CT molecular complexity index is 559. The van der Waals surface area contributed by atoms with E-state index < -0.39 is 0 Å². The number of rotatable bonds is 5. The standard InChI is InChI=1S/C13H15BrClN3O/c1-9(8-19-2)18-7-6-16-13(18)17-11-5-3-4-10(15)12(11)14/h3-7,9H,8H2,1-2H3,(H,16,17). The van der Waals surface area contributed by atoms with E-state index in [0.717, 1.165) is 16.1 Å². The smallest absolute Gasteiger partial charge is 0.207 e. The van der Waals surface area contributed by atoms with Crippen LogP contribution in [0.15, 0.2) is 35.1 Å². The van der Waals surface area contributed by atoms with Gasteiger partial charge >= 0.3 is 0 Å². The van der Waals surface area contributed by atoms with Crippen LogP contribution < -0.4 is 5.32 Å². The van der Waals surface area contributed by atoms with Crippen LogP contribution in [0.1, 0.15) is 13.0 Å². The third kappa shape index (κ3) is 3.29. The van der Waals surface area contributed by atoms with Gasteiger partial charge < -0.3 is 14.6 Å². The van der Waals surface area contributed by atoms with Crippen molar-refractivity contribution in [2.75, 3.05) is 19.0 Å². The Balaban J connectivity index is 2.24. The Hall–Kier alpha value is -1.04. The lowest BCUT2D eigenvalue weighted by Gasteiger charge is -2.16. The van der Waals surface area contributed by atoms with Gasteiger partial charge in [0, 0.05) is 19.5 Å². The molecule has 0 aliphatic heterocycles. The van der Waals surface area contributed by atoms with E-state index in [1.54, 1.807) is 13.3 Å². The molecule has 1 heterocycles. The van der Waals surface area contributed by atoms with Crippen molar-refractivity contribution in [2.45, 2.75) is 13.0 Å². The molecule has 0 aliphatic rings. The van der Waals surface area contributed by atoms with Crippen molar-refractivity contribution in [3.8, 4) is 0 Å². The first-order valence-electron chi connectivity index (χ1n) is 5.86. The molecule has 0 aliphatic carbocycles. The molecular weight excluding hydrogens is 330 g/mol. The van der Waals surface area contributed by atoms with Gasteiger partial charge in [0.05, 0.1) is 27.8 Å². The number of hydrogen-bond acceptors (Lipinski definition) is 3. The van der Waals surface area contributed by atoms with Crippen molar-refractivity contribution < 1.29 is 4.74 Å². The average Bonchev–Trinajstić information content (AvgIpc) is 2.83. The van der Waals surface area contributed by atoms with Crippen LogP contribution in [0.5, 0.6) is 0 Å². The molecule has 1 aromatic heterocycles. The van der Waals surface area contributed by atoms with Crippen LogP contribution in [0.4, 0.5) is 11.6 Å². The molecule has 102 valence electrons. The topological polar surface area (TPSA) is 39.1 Å². The van der Waals surface area contributed by atoms with Gasteiger partial charge in [-0.15, -0.1) is 0 Å². The largest absolute Gasteiger partial charge is 0.383 e. The monoisotopic (exact) mass is 343 g/mol. The minimum Gasteiger partial charge on any atom is -0.383 e. The lowest BCUT2D eigenvalue weighted by molar-refractivity contribution is 0.163. The Morgan fingerprint density at radius 2 is 2.32 bits per heavy atom. The fraction of sp³-hybridized carbons (Fsp3) is 0.308. The summed E-state index contributed by atoms with van der Waals surface area (Å²) in [6.45, 7) is 2.70. The molecule has 0 amide bonds. The Morgan fingerprint density at radius 3 is 3.05 bits per heavy atom. The molecule has 0 fully saturated rings. The Labute approximate surface area is 125 Å². The van der Waals surface area contributed by atoms with E-state index in [1.165, 1.54) is 0 Å². The first-order chi connectivity index (χ1) is 9.13. The Morgan fingerprint density at radius 1 is 1.53 bits per heavy atom. The van der Waals surface area contributed by atoms with E-state index in [1.807, 2.05) is 29.0 Å². The zero-order chi connectivity index (χ0) is 13.8. The van der Waals surface area contributed by atoms with Gasteiger partial charge in [-0.2, -0.15) is 0 Å². The molecule has 1 N–H and O–H groups in total. The molecule has 2 aromatic rings. The number of nitrogens with one attached hydrogen (secondary N) is 1. The molecule has 0 radical (unpaired) electrons. The Kier molecular flexibility index (Phi) is 4.85. The summed E-state index contributed by atoms with van der Waals surface area (Å²) in [5.74, 6) is 0.757. The van der Waals surface area contributed by atoms with Gasteiger partial charge in [0.25, 0.3) is 0 Å². The van der Waals surface area contributed by atoms with Crippen molar-refractivity contribution in [1.82, 2.24) is 9.55 Å². The van der Waals surface area contributed by atoms with Gasteiger partial charge in [-0.1, -0.05) is 17.7 Å². The van der Waals surface area contributed by atoms with Crippen LogP contribution in [0, 0.1) is 0 Å². The fourth-order valence-electron chi connectivity index (χ4n) is 1.81. The number of halogens is 2. The summed E-state index contributed by atoms with van der Waals surface area (Å²) in [7, 11) is 1.69. The summed E-state index contributed by atoms with van der Waals surface area (Å²) < 4.78 is 8.02. The second-order valence-corrected chi connectivity index (χ2v) is 5.39. The van der Waals surface area contributed by atoms with E-state index in [4.69, 9.17) is 16.3 Å². The highest BCUT2D eigenvalue weighted by molar-refractivity contribution is 9.10. The molecule has 1 atom stereocenters. The van der Waals surface area contributed by atoms with Gasteiger partial charge in [-0.25, -0.2) is 4.98 Å². The zero-order valence-electron chi connectivity index (χ0n) is 10.7. The molecule has 2 rings (SSSR count). The van der Waals surface area contributed by atoms with Crippen molar-refractivity contribution >= 4 is 39.2 Å². The summed E-state index contributed by atoms with van der Waals surface area (Å²) in [6, 6.07) is 5.86. The summed E-state index contributed by atoms with van der Waals surface area (Å²) in [5.41, 5.74) is 0.879. The molecule has 1 aromatic carbocycles. The third-order valence-corrected chi connectivity index (χ3v) is 4.15. The van der Waals surface area contributed by atoms with Crippen LogP contribution in [0.2, 0.25) is 5.02 Å². The van der Waals surface area contributed by atoms with Crippen molar-refractivity contribution in [1.29, 1.82) is 0 Å². The fourth-order valence-corrected chi connectivity index (χ4v) is 2.35. The van der Waals surface area contributed by atoms with Crippen LogP contribution in [0.3, 0.4) is 0 Å². The lowest BCUT2D eigenvalue weighted by Crippen LogP contribution is -2.12. The summed E-state index contributed by atoms with van der Waals surface area (Å²) in [5, 5.41) is 3.93. The van der Waals surface area contributed by atoms with Crippen molar-refractivity contribution in [3.63, 3.8) is 0 Å². The SMILES string of the molecule is COCC(C)n1ccnc1Nc1cccc(Cl)c1Br. The molecule has 1 unspecified atom stereocenters. The summed E-state index contributed by atoms with van der Waals surface area (Å²) in [4.78, 5) is 4.32. The van der Waals surface area contributed by atoms with Crippen LogP contribution in [-0.4, -0.2) is 23.3 Å². The maximum absolute atomic E-state index is 6.07. The summed E-state index contributed by atoms with van der Waals surface area (Å²) in [6.07, 6.45) is 3.68. The van der Waals surface area contributed by atoms with Crippen LogP contribution in [0.25, 0.3) is 0 Å². The normalized spacial score (nSPS) is 12.4. The number of hydrogen-bond donors (Lipinski definition) is 1. The maximum atomic E-state index is 6.07. The van der Waals surface area contributed by atoms with Gasteiger partial charge in [0.15, 0.2) is 0 Å². The highest BCUT2D eigenvalue weighted by atomic mass is 79.9. The molecule has 4 nitrogen and oxygen atoms in total. The van der Waals surface area contributed by atoms with Gasteiger partial charge in [0.2, 0.25) is 5.95 Å². The number of anilines is 2. The molecule has 0 spiro atoms. The highest BCUT2D eigenvalue weighted by Crippen LogP contribution is 2.32. The van der Waals surface area contributed by atoms with Gasteiger partial charge in [-0.05, 0) is 35.0 Å². The summed E-state index contributed by atoms with van der Waals surface area (Å²) >= 11 is 9.53. The maximum Gasteiger partial charge on any atom is 0.207 e. The average molecular weight is 345 g/mol. The predicted molar refractivity (Wildman–Crippen MR) is 81.2 cm³/mol. The zero-order valence-corrected chi connectivity index (χ0v) is 13.1. The molecular formula is C13H15BrClN3O. The number of methoxy groups -OCH3 is 1. The van der Waals surface area contributed by atoms with Gasteiger partial charge in [-0.3, -0.25) is 0 Å². The van der Waals surface area contributed by atoms with Crippen molar-refractivity contribution in [2.24, 2.45) is 0 Å². The number of aromatic nitrogens is 2. The van der Waals surface area contributed by atoms with E-state index >= 15 is 0 Å². The lowest BCUT2D eigenvalue weighted by atomic mass is 10.3. The van der Waals surface area contributed by atoms with E-state index in [2.05, 4.69) is 33.2 Å². The molecule has 19 heavy (non-hydrogen) atoms. The minimum absolute atomic E-state index is 0.202. The molecule has 0 saturated carbocycles. The minimum atomic E-state index is 0.202. The van der Waals surface area contributed by atoms with Gasteiger partial charge in [0.1, 0.15) is 0 Å². The third-order valence-electron chi connectivity index (χ3n) is 2.75. The predicted octanol–water partition coefficient (Wildman–Crippen LogP) is 4.25. The first-order valence-corrected chi connectivity index (χ1v) is 7.03. The molecule has 0 bridgehead atoms. The number of imidazole rings is 1. The number of nitrogens with zero attached hydrogens (tertiary/aromatic N) is 2. The quantitative estimate of drug-likeness (QED) is 0.881. The molecule has 6 heteroatoms. The van der Waals surface area contributed by atoms with Crippen LogP contribution in [-0.2, 0) is 4.74 Å². The van der Waals surface area contributed by atoms with E-state index in [-0.39, 0.29) is 6.04 Å². The number of ether oxygens (including phenoxy) is 1. The van der Waals surface area contributed by atoms with E-state index in [9.17, 15) is 0 Å². The second-order valence-electron chi connectivity index (χ2n) is 4.19. The molecule has 0 saturated heterocycles. The number of benzene rings is 1. The van der Waals surface area contributed by atoms with Crippen molar-refractivity contribution in [3.05, 3.63) is 40.1 Å². The highest BCUT2D eigenvalue weighted by Gasteiger charge is 2.11.